The Morgan fingerprint density at radius 1 is 1.09 bits per heavy atom. The van der Waals surface area contributed by atoms with Crippen LogP contribution in [0, 0.1) is 5.92 Å². The van der Waals surface area contributed by atoms with Crippen molar-refractivity contribution in [2.24, 2.45) is 5.92 Å². The highest BCUT2D eigenvalue weighted by atomic mass is 32.2. The average Bonchev–Trinajstić information content (AvgIpc) is 2.64. The Morgan fingerprint density at radius 3 is 2.28 bits per heavy atom. The highest BCUT2D eigenvalue weighted by Crippen LogP contribution is 2.27. The molecule has 32 heavy (non-hydrogen) atoms. The maximum Gasteiger partial charge on any atom is 0.241 e. The van der Waals surface area contributed by atoms with Gasteiger partial charge >= 0.3 is 0 Å². The standard InChI is InChI=1S/C22H33N5O4S/c1-14(2)9-19(11-28)23-21-24-20(25-22(26-21)27-32(4,29)30)10-15(3)16-5-7-17(8-6-16)18-12-31-13-18/h5-8,14-15,18-19,28H,9-13H2,1-4H3,(H2,23,24,25,26,27)/t15?,19-/m1/s1. The van der Waals surface area contributed by atoms with Crippen molar-refractivity contribution in [3.63, 3.8) is 0 Å². The van der Waals surface area contributed by atoms with Crippen LogP contribution in [0.15, 0.2) is 24.3 Å². The van der Waals surface area contributed by atoms with E-state index in [0.29, 0.717) is 24.1 Å². The van der Waals surface area contributed by atoms with Crippen molar-refractivity contribution in [2.45, 2.75) is 51.5 Å². The van der Waals surface area contributed by atoms with E-state index in [4.69, 9.17) is 4.74 Å². The van der Waals surface area contributed by atoms with E-state index in [1.165, 1.54) is 5.56 Å². The van der Waals surface area contributed by atoms with Gasteiger partial charge in [0.1, 0.15) is 5.82 Å². The Labute approximate surface area is 190 Å². The van der Waals surface area contributed by atoms with Gasteiger partial charge in [-0.3, -0.25) is 4.72 Å². The second kappa shape index (κ2) is 10.5. The van der Waals surface area contributed by atoms with Gasteiger partial charge in [0.05, 0.1) is 32.1 Å². The van der Waals surface area contributed by atoms with Gasteiger partial charge in [-0.05, 0) is 29.4 Å². The molecule has 1 fully saturated rings. The topological polar surface area (TPSA) is 126 Å². The molecule has 176 valence electrons. The van der Waals surface area contributed by atoms with Crippen molar-refractivity contribution in [3.8, 4) is 0 Å². The minimum atomic E-state index is -3.54. The van der Waals surface area contributed by atoms with Crippen LogP contribution in [-0.4, -0.2) is 60.6 Å². The first-order valence-corrected chi connectivity index (χ1v) is 12.8. The minimum absolute atomic E-state index is 0.0335. The highest BCUT2D eigenvalue weighted by molar-refractivity contribution is 7.91. The van der Waals surface area contributed by atoms with E-state index in [-0.39, 0.29) is 30.5 Å². The molecule has 2 heterocycles. The number of hydrogen-bond donors (Lipinski definition) is 3. The number of ether oxygens (including phenoxy) is 1. The lowest BCUT2D eigenvalue weighted by Crippen LogP contribution is -2.27. The Hall–Kier alpha value is -2.30. The molecule has 0 radical (unpaired) electrons. The summed E-state index contributed by atoms with van der Waals surface area (Å²) in [4.78, 5) is 13.0. The first-order valence-electron chi connectivity index (χ1n) is 10.9. The van der Waals surface area contributed by atoms with Crippen molar-refractivity contribution in [3.05, 3.63) is 41.2 Å². The lowest BCUT2D eigenvalue weighted by Gasteiger charge is -2.26. The molecule has 1 unspecified atom stereocenters. The van der Waals surface area contributed by atoms with Crippen molar-refractivity contribution in [2.75, 3.05) is 36.1 Å². The Kier molecular flexibility index (Phi) is 8.02. The van der Waals surface area contributed by atoms with E-state index in [2.05, 4.69) is 70.0 Å². The summed E-state index contributed by atoms with van der Waals surface area (Å²) in [6.07, 6.45) is 2.28. The second-order valence-electron chi connectivity index (χ2n) is 8.93. The van der Waals surface area contributed by atoms with E-state index in [0.717, 1.165) is 31.5 Å². The van der Waals surface area contributed by atoms with Crippen LogP contribution in [-0.2, 0) is 21.2 Å². The summed E-state index contributed by atoms with van der Waals surface area (Å²) in [5.41, 5.74) is 2.42. The molecule has 10 heteroatoms. The summed E-state index contributed by atoms with van der Waals surface area (Å²) >= 11 is 0. The fourth-order valence-corrected chi connectivity index (χ4v) is 4.06. The van der Waals surface area contributed by atoms with Crippen LogP contribution in [0.1, 0.15) is 56.0 Å². The molecule has 0 aliphatic carbocycles. The van der Waals surface area contributed by atoms with Crippen LogP contribution in [0.3, 0.4) is 0 Å². The lowest BCUT2D eigenvalue weighted by molar-refractivity contribution is 0.00841. The Bertz CT molecular complexity index is 994. The third-order valence-corrected chi connectivity index (χ3v) is 5.93. The summed E-state index contributed by atoms with van der Waals surface area (Å²) in [5, 5.41) is 12.8. The van der Waals surface area contributed by atoms with Gasteiger partial charge in [0.2, 0.25) is 21.9 Å². The van der Waals surface area contributed by atoms with Crippen LogP contribution in [0.2, 0.25) is 0 Å². The average molecular weight is 464 g/mol. The predicted molar refractivity (Wildman–Crippen MR) is 124 cm³/mol. The molecule has 0 saturated carbocycles. The summed E-state index contributed by atoms with van der Waals surface area (Å²) in [6, 6.07) is 8.25. The predicted octanol–water partition coefficient (Wildman–Crippen LogP) is 2.52. The molecule has 2 atom stereocenters. The third-order valence-electron chi connectivity index (χ3n) is 5.37. The van der Waals surface area contributed by atoms with Crippen LogP contribution in [0.25, 0.3) is 0 Å². The van der Waals surface area contributed by atoms with E-state index >= 15 is 0 Å². The van der Waals surface area contributed by atoms with E-state index in [1.807, 2.05) is 0 Å². The molecule has 1 aliphatic heterocycles. The molecule has 1 aliphatic rings. The summed E-state index contributed by atoms with van der Waals surface area (Å²) in [7, 11) is -3.54. The largest absolute Gasteiger partial charge is 0.394 e. The second-order valence-corrected chi connectivity index (χ2v) is 10.7. The molecule has 9 nitrogen and oxygen atoms in total. The first-order chi connectivity index (χ1) is 15.1. The monoisotopic (exact) mass is 463 g/mol. The van der Waals surface area contributed by atoms with Gasteiger partial charge in [-0.1, -0.05) is 45.0 Å². The van der Waals surface area contributed by atoms with Gasteiger partial charge in [-0.15, -0.1) is 0 Å². The number of aliphatic hydroxyl groups is 1. The molecule has 1 aromatic heterocycles. The zero-order chi connectivity index (χ0) is 23.3. The molecule has 3 rings (SSSR count). The third kappa shape index (κ3) is 7.11. The Balaban J connectivity index is 1.79. The number of rotatable bonds is 11. The number of aromatic nitrogens is 3. The number of anilines is 2. The fraction of sp³-hybridized carbons (Fsp3) is 0.591. The van der Waals surface area contributed by atoms with E-state index < -0.39 is 10.0 Å². The highest BCUT2D eigenvalue weighted by Gasteiger charge is 2.21. The number of hydrogen-bond acceptors (Lipinski definition) is 8. The van der Waals surface area contributed by atoms with Gasteiger partial charge < -0.3 is 15.2 Å². The van der Waals surface area contributed by atoms with Gasteiger partial charge in [0, 0.05) is 12.3 Å². The zero-order valence-corrected chi connectivity index (χ0v) is 19.9. The zero-order valence-electron chi connectivity index (χ0n) is 19.1. The van der Waals surface area contributed by atoms with Gasteiger partial charge in [0.25, 0.3) is 0 Å². The molecule has 0 bridgehead atoms. The summed E-state index contributed by atoms with van der Waals surface area (Å²) in [6.45, 7) is 7.67. The summed E-state index contributed by atoms with van der Waals surface area (Å²) < 4.78 is 31.1. The van der Waals surface area contributed by atoms with Gasteiger partial charge in [-0.25, -0.2) is 8.42 Å². The molecule has 0 spiro atoms. The normalized spacial score (nSPS) is 16.4. The molecule has 1 saturated heterocycles. The number of sulfonamides is 1. The van der Waals surface area contributed by atoms with E-state index in [9.17, 15) is 13.5 Å². The first kappa shape index (κ1) is 24.3. The SMILES string of the molecule is CC(C)C[C@H](CO)Nc1nc(CC(C)c2ccc(C3COC3)cc2)nc(NS(C)(=O)=O)n1. The molecular formula is C22H33N5O4S. The minimum Gasteiger partial charge on any atom is -0.394 e. The fourth-order valence-electron chi connectivity index (χ4n) is 3.63. The van der Waals surface area contributed by atoms with Crippen LogP contribution in [0.5, 0.6) is 0 Å². The number of nitrogens with zero attached hydrogens (tertiary/aromatic N) is 3. The van der Waals surface area contributed by atoms with Crippen molar-refractivity contribution in [1.82, 2.24) is 15.0 Å². The lowest BCUT2D eigenvalue weighted by atomic mass is 9.92. The van der Waals surface area contributed by atoms with Gasteiger partial charge in [-0.2, -0.15) is 15.0 Å². The van der Waals surface area contributed by atoms with Gasteiger partial charge in [0.15, 0.2) is 0 Å². The summed E-state index contributed by atoms with van der Waals surface area (Å²) in [5.74, 6) is 1.64. The molecule has 1 aromatic carbocycles. The maximum absolute atomic E-state index is 11.7. The van der Waals surface area contributed by atoms with Crippen molar-refractivity contribution in [1.29, 1.82) is 0 Å². The van der Waals surface area contributed by atoms with Crippen LogP contribution in [0.4, 0.5) is 11.9 Å². The molecule has 0 amide bonds. The smallest absolute Gasteiger partial charge is 0.241 e. The number of aliphatic hydroxyl groups excluding tert-OH is 1. The quantitative estimate of drug-likeness (QED) is 0.464. The maximum atomic E-state index is 11.7. The molecule has 3 N–H and O–H groups in total. The number of nitrogens with one attached hydrogen (secondary N) is 2. The Morgan fingerprint density at radius 2 is 1.75 bits per heavy atom. The molecule has 2 aromatic rings. The van der Waals surface area contributed by atoms with Crippen molar-refractivity contribution >= 4 is 21.9 Å². The number of benzene rings is 1. The van der Waals surface area contributed by atoms with Crippen LogP contribution >= 0.6 is 0 Å². The van der Waals surface area contributed by atoms with Crippen LogP contribution < -0.4 is 10.0 Å². The van der Waals surface area contributed by atoms with E-state index in [1.54, 1.807) is 0 Å². The van der Waals surface area contributed by atoms with Crippen molar-refractivity contribution < 1.29 is 18.3 Å². The molecular weight excluding hydrogens is 430 g/mol.